The summed E-state index contributed by atoms with van der Waals surface area (Å²) < 4.78 is 1.87. The first-order valence-electron chi connectivity index (χ1n) is 13.6. The van der Waals surface area contributed by atoms with E-state index in [2.05, 4.69) is 37.8 Å². The van der Waals surface area contributed by atoms with E-state index in [1.54, 1.807) is 6.33 Å². The standard InChI is InChI=1S/C28H36N8O3/c1-2-3-4-5-13-25(27(37)31-22(28(38)39)12-8-9-16-29)36-18-30-23-17-19(14-15-24(23)36)20-10-6-7-11-21(20)26-32-34-35-33-26/h6-7,10-11,14-15,17-18,22,25H,2-5,8-9,12-13,16,29H2,1H3,(H,31,37)(H,38,39)(H,32,33,34,35)/t22-,25?/m0/s1. The zero-order valence-electron chi connectivity index (χ0n) is 22.2. The third kappa shape index (κ3) is 6.85. The number of benzene rings is 2. The number of aromatic nitrogens is 6. The van der Waals surface area contributed by atoms with Gasteiger partial charge in [0, 0.05) is 5.56 Å². The third-order valence-electron chi connectivity index (χ3n) is 6.93. The number of carbonyl (C=O) groups excluding carboxylic acids is 1. The normalized spacial score (nSPS) is 12.9. The number of carboxylic acids is 1. The lowest BCUT2D eigenvalue weighted by atomic mass is 9.98. The molecule has 206 valence electrons. The highest BCUT2D eigenvalue weighted by Crippen LogP contribution is 2.32. The number of rotatable bonds is 15. The van der Waals surface area contributed by atoms with E-state index in [1.807, 2.05) is 47.0 Å². The van der Waals surface area contributed by atoms with Crippen molar-refractivity contribution in [1.29, 1.82) is 0 Å². The number of amides is 1. The van der Waals surface area contributed by atoms with Crippen molar-refractivity contribution in [2.75, 3.05) is 6.54 Å². The van der Waals surface area contributed by atoms with E-state index in [9.17, 15) is 14.7 Å². The second kappa shape index (κ2) is 13.6. The fraction of sp³-hybridized carbons (Fsp3) is 0.429. The lowest BCUT2D eigenvalue weighted by Gasteiger charge is -2.22. The second-order valence-electron chi connectivity index (χ2n) is 9.69. The molecule has 2 aromatic carbocycles. The molecule has 0 saturated carbocycles. The maximum Gasteiger partial charge on any atom is 0.326 e. The zero-order valence-corrected chi connectivity index (χ0v) is 22.2. The van der Waals surface area contributed by atoms with Crippen molar-refractivity contribution in [1.82, 2.24) is 35.5 Å². The molecule has 39 heavy (non-hydrogen) atoms. The second-order valence-corrected chi connectivity index (χ2v) is 9.69. The number of fused-ring (bicyclic) bond motifs is 1. The van der Waals surface area contributed by atoms with Crippen molar-refractivity contribution in [3.8, 4) is 22.5 Å². The Balaban J connectivity index is 1.63. The molecule has 0 radical (unpaired) electrons. The first kappa shape index (κ1) is 27.9. The molecule has 2 aromatic heterocycles. The van der Waals surface area contributed by atoms with Crippen LogP contribution in [0.5, 0.6) is 0 Å². The van der Waals surface area contributed by atoms with Crippen LogP contribution in [0, 0.1) is 0 Å². The lowest BCUT2D eigenvalue weighted by molar-refractivity contribution is -0.142. The van der Waals surface area contributed by atoms with Crippen molar-refractivity contribution in [2.45, 2.75) is 70.4 Å². The molecule has 11 heteroatoms. The van der Waals surface area contributed by atoms with E-state index in [-0.39, 0.29) is 5.91 Å². The maximum absolute atomic E-state index is 13.5. The van der Waals surface area contributed by atoms with Gasteiger partial charge in [-0.15, -0.1) is 10.2 Å². The summed E-state index contributed by atoms with van der Waals surface area (Å²) in [6, 6.07) is 12.2. The largest absolute Gasteiger partial charge is 0.480 e. The Morgan fingerprint density at radius 2 is 1.85 bits per heavy atom. The molecule has 0 spiro atoms. The fourth-order valence-corrected chi connectivity index (χ4v) is 4.83. The first-order valence-corrected chi connectivity index (χ1v) is 13.6. The van der Waals surface area contributed by atoms with E-state index < -0.39 is 18.1 Å². The van der Waals surface area contributed by atoms with Crippen molar-refractivity contribution in [3.63, 3.8) is 0 Å². The van der Waals surface area contributed by atoms with Crippen LogP contribution in [0.1, 0.15) is 64.3 Å². The fourth-order valence-electron chi connectivity index (χ4n) is 4.83. The molecule has 11 nitrogen and oxygen atoms in total. The number of H-pyrrole nitrogens is 1. The summed E-state index contributed by atoms with van der Waals surface area (Å²) in [6.07, 6.45) is 7.98. The molecule has 0 saturated heterocycles. The Morgan fingerprint density at radius 1 is 1.05 bits per heavy atom. The van der Waals surface area contributed by atoms with Crippen LogP contribution in [0.25, 0.3) is 33.5 Å². The van der Waals surface area contributed by atoms with Crippen LogP contribution in [0.15, 0.2) is 48.8 Å². The Hall–Kier alpha value is -4.12. The maximum atomic E-state index is 13.5. The molecule has 0 aliphatic heterocycles. The number of aliphatic carboxylic acids is 1. The molecule has 5 N–H and O–H groups in total. The summed E-state index contributed by atoms with van der Waals surface area (Å²) in [5.41, 5.74) is 9.81. The molecule has 0 fully saturated rings. The van der Waals surface area contributed by atoms with E-state index in [4.69, 9.17) is 5.73 Å². The van der Waals surface area contributed by atoms with Gasteiger partial charge < -0.3 is 20.7 Å². The van der Waals surface area contributed by atoms with Crippen LogP contribution in [0.3, 0.4) is 0 Å². The molecular weight excluding hydrogens is 496 g/mol. The zero-order chi connectivity index (χ0) is 27.6. The molecule has 0 aliphatic carbocycles. The predicted octanol–water partition coefficient (Wildman–Crippen LogP) is 4.09. The number of nitrogens with two attached hydrogens (primary N) is 1. The van der Waals surface area contributed by atoms with Gasteiger partial charge in [-0.05, 0) is 60.7 Å². The van der Waals surface area contributed by atoms with Crippen LogP contribution < -0.4 is 11.1 Å². The van der Waals surface area contributed by atoms with Crippen LogP contribution in [-0.2, 0) is 9.59 Å². The number of carboxylic acid groups (broad SMARTS) is 1. The molecule has 2 atom stereocenters. The number of nitrogens with one attached hydrogen (secondary N) is 2. The van der Waals surface area contributed by atoms with Gasteiger partial charge in [0.15, 0.2) is 0 Å². The molecule has 0 bridgehead atoms. The summed E-state index contributed by atoms with van der Waals surface area (Å²) in [7, 11) is 0. The number of hydrogen-bond acceptors (Lipinski definition) is 7. The van der Waals surface area contributed by atoms with Crippen molar-refractivity contribution >= 4 is 22.9 Å². The average Bonchev–Trinajstić information content (AvgIpc) is 3.63. The highest BCUT2D eigenvalue weighted by atomic mass is 16.4. The summed E-state index contributed by atoms with van der Waals surface area (Å²) in [4.78, 5) is 30.0. The summed E-state index contributed by atoms with van der Waals surface area (Å²) in [5, 5.41) is 26.9. The van der Waals surface area contributed by atoms with Gasteiger partial charge in [0.2, 0.25) is 11.7 Å². The van der Waals surface area contributed by atoms with Gasteiger partial charge in [-0.1, -0.05) is 62.9 Å². The number of carbonyl (C=O) groups is 2. The van der Waals surface area contributed by atoms with Gasteiger partial charge >= 0.3 is 5.97 Å². The van der Waals surface area contributed by atoms with Gasteiger partial charge in [0.25, 0.3) is 0 Å². The number of hydrogen-bond donors (Lipinski definition) is 4. The number of imidazole rings is 1. The summed E-state index contributed by atoms with van der Waals surface area (Å²) in [5.74, 6) is -0.845. The highest BCUT2D eigenvalue weighted by Gasteiger charge is 2.27. The number of tetrazole rings is 1. The van der Waals surface area contributed by atoms with Crippen molar-refractivity contribution in [3.05, 3.63) is 48.8 Å². The first-order chi connectivity index (χ1) is 19.0. The molecule has 4 rings (SSSR count). The number of aromatic amines is 1. The quantitative estimate of drug-likeness (QED) is 0.166. The SMILES string of the molecule is CCCCCCC(C(=O)N[C@@H](CCCCN)C(=O)O)n1cnc2cc(-c3ccccc3-c3nn[nH]n3)ccc21. The molecule has 1 amide bonds. The van der Waals surface area contributed by atoms with Gasteiger partial charge in [0.1, 0.15) is 12.1 Å². The van der Waals surface area contributed by atoms with Gasteiger partial charge in [-0.25, -0.2) is 9.78 Å². The monoisotopic (exact) mass is 532 g/mol. The van der Waals surface area contributed by atoms with Crippen molar-refractivity contribution in [2.24, 2.45) is 5.73 Å². The van der Waals surface area contributed by atoms with Crippen molar-refractivity contribution < 1.29 is 14.7 Å². The van der Waals surface area contributed by atoms with E-state index in [0.717, 1.165) is 53.4 Å². The minimum absolute atomic E-state index is 0.308. The average molecular weight is 533 g/mol. The van der Waals surface area contributed by atoms with Gasteiger partial charge in [-0.2, -0.15) is 5.21 Å². The van der Waals surface area contributed by atoms with E-state index >= 15 is 0 Å². The smallest absolute Gasteiger partial charge is 0.326 e. The Morgan fingerprint density at radius 3 is 2.56 bits per heavy atom. The van der Waals surface area contributed by atoms with Crippen LogP contribution in [0.4, 0.5) is 0 Å². The summed E-state index contributed by atoms with van der Waals surface area (Å²) in [6.45, 7) is 2.63. The number of unbranched alkanes of at least 4 members (excludes halogenated alkanes) is 4. The minimum atomic E-state index is -1.04. The predicted molar refractivity (Wildman–Crippen MR) is 149 cm³/mol. The molecule has 0 aliphatic rings. The Labute approximate surface area is 227 Å². The molecule has 2 heterocycles. The highest BCUT2D eigenvalue weighted by molar-refractivity contribution is 5.90. The van der Waals surface area contributed by atoms with Crippen LogP contribution in [0.2, 0.25) is 0 Å². The number of nitrogens with zero attached hydrogens (tertiary/aromatic N) is 5. The molecule has 1 unspecified atom stereocenters. The topological polar surface area (TPSA) is 165 Å². The molecular formula is C28H36N8O3. The Bertz CT molecular complexity index is 1370. The summed E-state index contributed by atoms with van der Waals surface area (Å²) >= 11 is 0. The van der Waals surface area contributed by atoms with E-state index in [1.165, 1.54) is 0 Å². The van der Waals surface area contributed by atoms with Gasteiger partial charge in [-0.3, -0.25) is 4.79 Å². The minimum Gasteiger partial charge on any atom is -0.480 e. The molecule has 4 aromatic rings. The van der Waals surface area contributed by atoms with Crippen LogP contribution >= 0.6 is 0 Å². The van der Waals surface area contributed by atoms with Crippen LogP contribution in [-0.4, -0.2) is 59.7 Å². The third-order valence-corrected chi connectivity index (χ3v) is 6.93. The Kier molecular flexibility index (Phi) is 9.74. The lowest BCUT2D eigenvalue weighted by Crippen LogP contribution is -2.44. The van der Waals surface area contributed by atoms with Gasteiger partial charge in [0.05, 0.1) is 17.4 Å². The van der Waals surface area contributed by atoms with E-state index in [0.29, 0.717) is 38.1 Å².